The zero-order valence-corrected chi connectivity index (χ0v) is 8.94. The third kappa shape index (κ3) is 1.89. The second kappa shape index (κ2) is 4.08. The Morgan fingerprint density at radius 2 is 1.94 bits per heavy atom. The SMILES string of the molecule is Cc1ccc(C#N)c(-c2cccc(O)c2)c1. The van der Waals surface area contributed by atoms with E-state index in [4.69, 9.17) is 5.26 Å². The van der Waals surface area contributed by atoms with Gasteiger partial charge in [-0.25, -0.2) is 0 Å². The van der Waals surface area contributed by atoms with Crippen molar-refractivity contribution in [2.24, 2.45) is 0 Å². The van der Waals surface area contributed by atoms with Crippen molar-refractivity contribution >= 4 is 0 Å². The standard InChI is InChI=1S/C14H11NO/c1-10-5-6-12(9-15)14(7-10)11-3-2-4-13(16)8-11/h2-8,16H,1H3. The number of hydrogen-bond donors (Lipinski definition) is 1. The lowest BCUT2D eigenvalue weighted by Gasteiger charge is -2.05. The maximum atomic E-state index is 9.42. The second-order valence-corrected chi connectivity index (χ2v) is 3.71. The number of nitrogens with zero attached hydrogens (tertiary/aromatic N) is 1. The molecule has 2 rings (SSSR count). The Bertz CT molecular complexity index is 567. The van der Waals surface area contributed by atoms with Crippen molar-refractivity contribution in [1.29, 1.82) is 5.26 Å². The van der Waals surface area contributed by atoms with Crippen molar-refractivity contribution in [3.63, 3.8) is 0 Å². The van der Waals surface area contributed by atoms with Crippen molar-refractivity contribution < 1.29 is 5.11 Å². The van der Waals surface area contributed by atoms with E-state index in [0.717, 1.165) is 16.7 Å². The van der Waals surface area contributed by atoms with Crippen molar-refractivity contribution in [2.45, 2.75) is 6.92 Å². The summed E-state index contributed by atoms with van der Waals surface area (Å²) < 4.78 is 0. The lowest BCUT2D eigenvalue weighted by atomic mass is 9.98. The topological polar surface area (TPSA) is 44.0 Å². The first kappa shape index (κ1) is 10.3. The molecule has 0 spiro atoms. The molecule has 0 bridgehead atoms. The van der Waals surface area contributed by atoms with Gasteiger partial charge in [-0.1, -0.05) is 29.8 Å². The fourth-order valence-corrected chi connectivity index (χ4v) is 1.67. The van der Waals surface area contributed by atoms with E-state index >= 15 is 0 Å². The highest BCUT2D eigenvalue weighted by molar-refractivity contribution is 5.72. The van der Waals surface area contributed by atoms with Gasteiger partial charge in [-0.3, -0.25) is 0 Å². The van der Waals surface area contributed by atoms with Crippen LogP contribution in [0.25, 0.3) is 11.1 Å². The molecule has 78 valence electrons. The first-order chi connectivity index (χ1) is 7.70. The lowest BCUT2D eigenvalue weighted by Crippen LogP contribution is -1.85. The van der Waals surface area contributed by atoms with Gasteiger partial charge in [-0.15, -0.1) is 0 Å². The van der Waals surface area contributed by atoms with E-state index in [1.54, 1.807) is 24.3 Å². The number of phenols is 1. The molecule has 0 fully saturated rings. The molecule has 0 saturated heterocycles. The molecular formula is C14H11NO. The third-order valence-electron chi connectivity index (χ3n) is 2.45. The van der Waals surface area contributed by atoms with E-state index in [1.807, 2.05) is 25.1 Å². The molecule has 2 nitrogen and oxygen atoms in total. The molecule has 0 aromatic heterocycles. The maximum absolute atomic E-state index is 9.42. The molecule has 2 aromatic carbocycles. The van der Waals surface area contributed by atoms with Crippen LogP contribution in [0, 0.1) is 18.3 Å². The van der Waals surface area contributed by atoms with Crippen LogP contribution in [0.1, 0.15) is 11.1 Å². The molecule has 0 aliphatic carbocycles. The molecule has 16 heavy (non-hydrogen) atoms. The average molecular weight is 209 g/mol. The Kier molecular flexibility index (Phi) is 2.61. The first-order valence-corrected chi connectivity index (χ1v) is 5.01. The third-order valence-corrected chi connectivity index (χ3v) is 2.45. The normalized spacial score (nSPS) is 9.75. The molecule has 2 aromatic rings. The van der Waals surface area contributed by atoms with Crippen molar-refractivity contribution in [3.05, 3.63) is 53.6 Å². The molecule has 0 aliphatic heterocycles. The van der Waals surface area contributed by atoms with Crippen LogP contribution in [0.5, 0.6) is 5.75 Å². The Labute approximate surface area is 94.4 Å². The van der Waals surface area contributed by atoms with Gasteiger partial charge in [0.05, 0.1) is 11.6 Å². The molecule has 0 atom stereocenters. The summed E-state index contributed by atoms with van der Waals surface area (Å²) in [5, 5.41) is 18.5. The van der Waals surface area contributed by atoms with E-state index in [0.29, 0.717) is 5.56 Å². The quantitative estimate of drug-likeness (QED) is 0.783. The molecular weight excluding hydrogens is 198 g/mol. The fourth-order valence-electron chi connectivity index (χ4n) is 1.67. The number of benzene rings is 2. The average Bonchev–Trinajstić information content (AvgIpc) is 2.29. The van der Waals surface area contributed by atoms with Gasteiger partial charge in [0.25, 0.3) is 0 Å². The monoisotopic (exact) mass is 209 g/mol. The largest absolute Gasteiger partial charge is 0.508 e. The van der Waals surface area contributed by atoms with Gasteiger partial charge >= 0.3 is 0 Å². The van der Waals surface area contributed by atoms with E-state index in [2.05, 4.69) is 6.07 Å². The number of hydrogen-bond acceptors (Lipinski definition) is 2. The molecule has 0 aliphatic rings. The van der Waals surface area contributed by atoms with Gasteiger partial charge in [0.1, 0.15) is 5.75 Å². The van der Waals surface area contributed by atoms with Gasteiger partial charge < -0.3 is 5.11 Å². The molecule has 0 unspecified atom stereocenters. The predicted molar refractivity (Wildman–Crippen MR) is 63.0 cm³/mol. The summed E-state index contributed by atoms with van der Waals surface area (Å²) in [7, 11) is 0. The zero-order chi connectivity index (χ0) is 11.5. The summed E-state index contributed by atoms with van der Waals surface area (Å²) in [5.74, 6) is 0.211. The lowest BCUT2D eigenvalue weighted by molar-refractivity contribution is 0.475. The van der Waals surface area contributed by atoms with Crippen molar-refractivity contribution in [1.82, 2.24) is 0 Å². The highest BCUT2D eigenvalue weighted by Crippen LogP contribution is 2.27. The van der Waals surface area contributed by atoms with Crippen LogP contribution < -0.4 is 0 Å². The molecule has 0 saturated carbocycles. The minimum atomic E-state index is 0.211. The van der Waals surface area contributed by atoms with Crippen LogP contribution in [-0.4, -0.2) is 5.11 Å². The Hall–Kier alpha value is -2.27. The van der Waals surface area contributed by atoms with Crippen molar-refractivity contribution in [3.8, 4) is 22.9 Å². The van der Waals surface area contributed by atoms with Gasteiger partial charge in [0.15, 0.2) is 0 Å². The molecule has 1 N–H and O–H groups in total. The van der Waals surface area contributed by atoms with Crippen LogP contribution in [0.4, 0.5) is 0 Å². The fraction of sp³-hybridized carbons (Fsp3) is 0.0714. The number of aromatic hydroxyl groups is 1. The van der Waals surface area contributed by atoms with Gasteiger partial charge in [0, 0.05) is 0 Å². The highest BCUT2D eigenvalue weighted by Gasteiger charge is 2.05. The summed E-state index contributed by atoms with van der Waals surface area (Å²) in [4.78, 5) is 0. The van der Waals surface area contributed by atoms with Crippen LogP contribution in [0.3, 0.4) is 0 Å². The molecule has 0 heterocycles. The van der Waals surface area contributed by atoms with E-state index in [1.165, 1.54) is 0 Å². The van der Waals surface area contributed by atoms with Crippen LogP contribution >= 0.6 is 0 Å². The van der Waals surface area contributed by atoms with E-state index in [-0.39, 0.29) is 5.75 Å². The van der Waals surface area contributed by atoms with Crippen LogP contribution in [0.15, 0.2) is 42.5 Å². The van der Waals surface area contributed by atoms with Gasteiger partial charge in [-0.2, -0.15) is 5.26 Å². The molecule has 2 heteroatoms. The maximum Gasteiger partial charge on any atom is 0.116 e. The number of nitriles is 1. The van der Waals surface area contributed by atoms with Crippen LogP contribution in [0.2, 0.25) is 0 Å². The number of rotatable bonds is 1. The molecule has 0 radical (unpaired) electrons. The predicted octanol–water partition coefficient (Wildman–Crippen LogP) is 3.24. The Morgan fingerprint density at radius 3 is 2.62 bits per heavy atom. The van der Waals surface area contributed by atoms with Crippen molar-refractivity contribution in [2.75, 3.05) is 0 Å². The highest BCUT2D eigenvalue weighted by atomic mass is 16.3. The van der Waals surface area contributed by atoms with Crippen LogP contribution in [-0.2, 0) is 0 Å². The Balaban J connectivity index is 2.64. The van der Waals surface area contributed by atoms with Gasteiger partial charge in [0.2, 0.25) is 0 Å². The second-order valence-electron chi connectivity index (χ2n) is 3.71. The summed E-state index contributed by atoms with van der Waals surface area (Å²) in [6, 6.07) is 14.8. The molecule has 0 amide bonds. The zero-order valence-electron chi connectivity index (χ0n) is 8.94. The first-order valence-electron chi connectivity index (χ1n) is 5.01. The number of phenolic OH excluding ortho intramolecular Hbond substituents is 1. The minimum absolute atomic E-state index is 0.211. The summed E-state index contributed by atoms with van der Waals surface area (Å²) >= 11 is 0. The van der Waals surface area contributed by atoms with Gasteiger partial charge in [-0.05, 0) is 36.2 Å². The van der Waals surface area contributed by atoms with E-state index in [9.17, 15) is 5.11 Å². The minimum Gasteiger partial charge on any atom is -0.508 e. The Morgan fingerprint density at radius 1 is 1.12 bits per heavy atom. The summed E-state index contributed by atoms with van der Waals surface area (Å²) in [6.45, 7) is 1.98. The summed E-state index contributed by atoms with van der Waals surface area (Å²) in [6.07, 6.45) is 0. The summed E-state index contributed by atoms with van der Waals surface area (Å²) in [5.41, 5.74) is 3.44. The smallest absolute Gasteiger partial charge is 0.116 e. The number of aryl methyl sites for hydroxylation is 1. The van der Waals surface area contributed by atoms with E-state index < -0.39 is 0 Å².